The van der Waals surface area contributed by atoms with E-state index in [9.17, 15) is 34.2 Å². The summed E-state index contributed by atoms with van der Waals surface area (Å²) in [6, 6.07) is 8.98. The number of aliphatic hydroxyl groups excluding tert-OH is 2. The molecular weight excluding hydrogens is 677 g/mol. The quantitative estimate of drug-likeness (QED) is 0.199. The molecule has 6 N–H and O–H groups in total. The van der Waals surface area contributed by atoms with Crippen molar-refractivity contribution in [2.75, 3.05) is 12.3 Å². The normalized spacial score (nSPS) is 39.1. The van der Waals surface area contributed by atoms with Crippen molar-refractivity contribution in [3.63, 3.8) is 0 Å². The summed E-state index contributed by atoms with van der Waals surface area (Å²) in [6.07, 6.45) is -2.27. The largest absolute Gasteiger partial charge is 0.470 e. The lowest BCUT2D eigenvalue weighted by atomic mass is 9.44. The van der Waals surface area contributed by atoms with Gasteiger partial charge in [0.2, 0.25) is 6.29 Å². The summed E-state index contributed by atoms with van der Waals surface area (Å²) in [6.45, 7) is 1.89. The molecule has 2 aromatic rings. The highest BCUT2D eigenvalue weighted by molar-refractivity contribution is 7.46. The van der Waals surface area contributed by atoms with Gasteiger partial charge in [0.25, 0.3) is 0 Å². The van der Waals surface area contributed by atoms with Gasteiger partial charge in [0.1, 0.15) is 12.8 Å². The number of hydrogen-bond donors (Lipinski definition) is 5. The van der Waals surface area contributed by atoms with Crippen molar-refractivity contribution in [2.24, 2.45) is 29.7 Å². The molecule has 50 heavy (non-hydrogen) atoms. The van der Waals surface area contributed by atoms with Crippen molar-refractivity contribution in [2.45, 2.75) is 82.1 Å². The summed E-state index contributed by atoms with van der Waals surface area (Å²) in [5.41, 5.74) is 1.91. The molecule has 1 aliphatic heterocycles. The van der Waals surface area contributed by atoms with Gasteiger partial charge in [-0.2, -0.15) is 0 Å². The summed E-state index contributed by atoms with van der Waals surface area (Å²) in [5, 5.41) is 21.3. The highest BCUT2D eigenvalue weighted by Crippen LogP contribution is 2.72. The Bertz CT molecular complexity index is 1880. The number of phosphoric acid groups is 1. The molecule has 270 valence electrons. The van der Waals surface area contributed by atoms with E-state index in [0.717, 1.165) is 17.3 Å². The predicted molar refractivity (Wildman–Crippen MR) is 173 cm³/mol. The zero-order chi connectivity index (χ0) is 36.2. The number of Topliss-reactive ketones (excluding diaryl/α,β-unsaturated/α-hetero) is 1. The molecule has 4 aliphatic carbocycles. The van der Waals surface area contributed by atoms with Gasteiger partial charge < -0.3 is 39.8 Å². The summed E-state index contributed by atoms with van der Waals surface area (Å²) >= 11 is 0. The lowest BCUT2D eigenvalue weighted by molar-refractivity contribution is -0.235. The fourth-order valence-electron chi connectivity index (χ4n) is 9.92. The molecule has 0 radical (unpaired) electrons. The second-order valence-electron chi connectivity index (χ2n) is 14.8. The van der Waals surface area contributed by atoms with Gasteiger partial charge in [0, 0.05) is 47.2 Å². The number of nitrogens with zero attached hydrogens (tertiary/aromatic N) is 1. The molecule has 4 fully saturated rings. The SMILES string of the molecule is Cn1c(Cc2ccc(CO)c(N)c2)ccc1[C@@H]1O[C@@H]2C[C@H]3[C@@H]4C[C@H](F)C5=CC(=O)C=C[C@]5(C)[C@@]4(F)[C@@H](O)C[C@]3(C)[C@]2(C(=O)COP(=O)(O)O)O1. The minimum absolute atomic E-state index is 0.0238. The van der Waals surface area contributed by atoms with E-state index in [0.29, 0.717) is 23.4 Å². The van der Waals surface area contributed by atoms with E-state index in [1.54, 1.807) is 32.2 Å². The average Bonchev–Trinajstić information content (AvgIpc) is 3.68. The van der Waals surface area contributed by atoms with Gasteiger partial charge in [-0.15, -0.1) is 0 Å². The number of nitrogen functional groups attached to an aromatic ring is 1. The maximum Gasteiger partial charge on any atom is 0.470 e. The van der Waals surface area contributed by atoms with E-state index in [2.05, 4.69) is 4.52 Å². The molecular formula is C35H41F2N2O10P. The van der Waals surface area contributed by atoms with Crippen LogP contribution in [0.1, 0.15) is 61.9 Å². The Kier molecular flexibility index (Phi) is 8.29. The molecule has 7 rings (SSSR count). The number of ketones is 2. The highest BCUT2D eigenvalue weighted by atomic mass is 31.2. The first-order chi connectivity index (χ1) is 23.4. The van der Waals surface area contributed by atoms with Crippen LogP contribution in [0.2, 0.25) is 0 Å². The third-order valence-corrected chi connectivity index (χ3v) is 12.9. The number of ether oxygens (including phenoxy) is 2. The number of nitrogens with two attached hydrogens (primary N) is 1. The standard InChI is InChI=1S/C35H41F2N2O10P/c1-32-9-8-21(41)12-24(32)25(36)13-23-22-14-30-35(29(43)17-47-50(44,45)46,33(22,2)15-28(42)34(23,32)37)49-31(48-30)27-7-6-20(39(27)3)10-18-4-5-19(16-40)26(38)11-18/h4-9,11-12,22-23,25,28,30-31,40,42H,10,13-17,38H2,1-3H3,(H2,44,45,46)/t22-,23-,25-,28-,30+,31+,32-,33-,34-,35+/m0/s1. The Morgan fingerprint density at radius 1 is 1.18 bits per heavy atom. The molecule has 0 amide bonds. The van der Waals surface area contributed by atoms with Gasteiger partial charge in [-0.05, 0) is 73.6 Å². The van der Waals surface area contributed by atoms with Gasteiger partial charge in [-0.25, -0.2) is 13.3 Å². The number of carbonyl (C=O) groups excluding carboxylic acids is 2. The third kappa shape index (κ3) is 4.91. The first kappa shape index (κ1) is 35.3. The fraction of sp³-hybridized carbons (Fsp3) is 0.543. The fourth-order valence-corrected chi connectivity index (χ4v) is 10.2. The molecule has 0 unspecified atom stereocenters. The molecule has 0 bridgehead atoms. The summed E-state index contributed by atoms with van der Waals surface area (Å²) in [4.78, 5) is 45.4. The van der Waals surface area contributed by atoms with Gasteiger partial charge in [0.15, 0.2) is 22.8 Å². The number of aliphatic hydroxyl groups is 2. The minimum Gasteiger partial charge on any atom is -0.398 e. The van der Waals surface area contributed by atoms with E-state index in [4.69, 9.17) is 15.2 Å². The van der Waals surface area contributed by atoms with Gasteiger partial charge in [0.05, 0.1) is 24.5 Å². The molecule has 1 aromatic heterocycles. The Morgan fingerprint density at radius 3 is 2.60 bits per heavy atom. The number of aromatic nitrogens is 1. The molecule has 0 spiro atoms. The van der Waals surface area contributed by atoms with E-state index < -0.39 is 84.6 Å². The maximum atomic E-state index is 17.8. The molecule has 1 saturated heterocycles. The zero-order valence-corrected chi connectivity index (χ0v) is 28.7. The first-order valence-electron chi connectivity index (χ1n) is 16.5. The van der Waals surface area contributed by atoms with Crippen LogP contribution in [0.5, 0.6) is 0 Å². The second-order valence-corrected chi connectivity index (χ2v) is 16.0. The number of anilines is 1. The molecule has 5 aliphatic rings. The number of rotatable bonds is 8. The topological polar surface area (TPSA) is 191 Å². The molecule has 15 heteroatoms. The van der Waals surface area contributed by atoms with Crippen LogP contribution in [-0.2, 0) is 48.2 Å². The lowest BCUT2D eigenvalue weighted by Crippen LogP contribution is -2.70. The number of halogens is 2. The number of hydrogen-bond acceptors (Lipinski definition) is 9. The monoisotopic (exact) mass is 718 g/mol. The van der Waals surface area contributed by atoms with Crippen LogP contribution in [0.4, 0.5) is 14.5 Å². The predicted octanol–water partition coefficient (Wildman–Crippen LogP) is 3.45. The number of benzene rings is 1. The number of fused-ring (bicyclic) bond motifs is 7. The smallest absolute Gasteiger partial charge is 0.398 e. The van der Waals surface area contributed by atoms with Crippen LogP contribution in [0.25, 0.3) is 0 Å². The molecule has 2 heterocycles. The van der Waals surface area contributed by atoms with Gasteiger partial charge >= 0.3 is 7.82 Å². The average molecular weight is 719 g/mol. The van der Waals surface area contributed by atoms with E-state index in [1.165, 1.54) is 19.1 Å². The van der Waals surface area contributed by atoms with Crippen LogP contribution in [0.15, 0.2) is 54.1 Å². The van der Waals surface area contributed by atoms with Gasteiger partial charge in [-0.1, -0.05) is 25.1 Å². The van der Waals surface area contributed by atoms with Crippen molar-refractivity contribution in [1.29, 1.82) is 0 Å². The minimum atomic E-state index is -5.11. The number of allylic oxidation sites excluding steroid dienone is 4. The third-order valence-electron chi connectivity index (χ3n) is 12.4. The maximum absolute atomic E-state index is 17.8. The molecule has 10 atom stereocenters. The van der Waals surface area contributed by atoms with E-state index in [-0.39, 0.29) is 31.4 Å². The molecule has 1 aromatic carbocycles. The van der Waals surface area contributed by atoms with Crippen molar-refractivity contribution >= 4 is 25.1 Å². The van der Waals surface area contributed by atoms with Crippen LogP contribution >= 0.6 is 7.82 Å². The Morgan fingerprint density at radius 2 is 1.92 bits per heavy atom. The van der Waals surface area contributed by atoms with E-state index in [1.807, 2.05) is 16.7 Å². The van der Waals surface area contributed by atoms with Crippen LogP contribution in [0.3, 0.4) is 0 Å². The Labute approximate surface area is 287 Å². The van der Waals surface area contributed by atoms with Gasteiger partial charge in [-0.3, -0.25) is 14.1 Å². The first-order valence-corrected chi connectivity index (χ1v) is 18.1. The lowest BCUT2D eigenvalue weighted by Gasteiger charge is -2.63. The molecule has 3 saturated carbocycles. The summed E-state index contributed by atoms with van der Waals surface area (Å²) in [5.74, 6) is -3.24. The highest BCUT2D eigenvalue weighted by Gasteiger charge is 2.80. The van der Waals surface area contributed by atoms with Crippen molar-refractivity contribution in [3.05, 3.63) is 76.6 Å². The molecule has 12 nitrogen and oxygen atoms in total. The zero-order valence-electron chi connectivity index (χ0n) is 27.8. The van der Waals surface area contributed by atoms with Crippen LogP contribution < -0.4 is 5.73 Å². The van der Waals surface area contributed by atoms with E-state index >= 15 is 8.78 Å². The Hall–Kier alpha value is -3.07. The summed E-state index contributed by atoms with van der Waals surface area (Å²) < 4.78 is 65.0. The van der Waals surface area contributed by atoms with Crippen LogP contribution in [0, 0.1) is 22.7 Å². The van der Waals surface area contributed by atoms with Crippen molar-refractivity contribution in [3.8, 4) is 0 Å². The number of phosphoric ester groups is 1. The van der Waals surface area contributed by atoms with Crippen LogP contribution in [-0.4, -0.2) is 72.4 Å². The Balaban J connectivity index is 1.25. The second kappa shape index (κ2) is 11.7. The van der Waals surface area contributed by atoms with Crippen molar-refractivity contribution in [1.82, 2.24) is 4.57 Å². The van der Waals surface area contributed by atoms with Crippen molar-refractivity contribution < 1.29 is 56.9 Å². The summed E-state index contributed by atoms with van der Waals surface area (Å²) in [7, 11) is -3.32. The number of alkyl halides is 2. The number of carbonyl (C=O) groups is 2.